The van der Waals surface area contributed by atoms with E-state index < -0.39 is 0 Å². The molecule has 0 heterocycles. The lowest BCUT2D eigenvalue weighted by Crippen LogP contribution is -2.43. The van der Waals surface area contributed by atoms with Crippen molar-refractivity contribution in [3.05, 3.63) is 0 Å². The van der Waals surface area contributed by atoms with Gasteiger partial charge in [-0.25, -0.2) is 0 Å². The van der Waals surface area contributed by atoms with Crippen molar-refractivity contribution in [1.29, 1.82) is 0 Å². The van der Waals surface area contributed by atoms with Gasteiger partial charge in [-0.2, -0.15) is 0 Å². The third-order valence-electron chi connectivity index (χ3n) is 1.68. The summed E-state index contributed by atoms with van der Waals surface area (Å²) in [6.07, 6.45) is 0.160. The van der Waals surface area contributed by atoms with E-state index in [4.69, 9.17) is 10.5 Å². The van der Waals surface area contributed by atoms with Crippen LogP contribution in [-0.2, 0) is 4.74 Å². The fourth-order valence-electron chi connectivity index (χ4n) is 1.37. The number of hydrogen-bond acceptors (Lipinski definition) is 2. The Labute approximate surface area is 70.1 Å². The molecule has 2 N–H and O–H groups in total. The lowest BCUT2D eigenvalue weighted by molar-refractivity contribution is -0.0239. The number of hydrogen-bond donors (Lipinski definition) is 1. The third kappa shape index (κ3) is 3.73. The van der Waals surface area contributed by atoms with Crippen LogP contribution in [0.25, 0.3) is 0 Å². The van der Waals surface area contributed by atoms with Gasteiger partial charge in [0.25, 0.3) is 0 Å². The van der Waals surface area contributed by atoms with Crippen LogP contribution in [0.15, 0.2) is 0 Å². The van der Waals surface area contributed by atoms with Gasteiger partial charge in [0.1, 0.15) is 0 Å². The second-order valence-corrected chi connectivity index (χ2v) is 4.10. The zero-order valence-electron chi connectivity index (χ0n) is 8.35. The van der Waals surface area contributed by atoms with Crippen LogP contribution in [0.3, 0.4) is 0 Å². The van der Waals surface area contributed by atoms with Gasteiger partial charge >= 0.3 is 0 Å². The highest BCUT2D eigenvalue weighted by Gasteiger charge is 2.27. The second kappa shape index (κ2) is 4.07. The summed E-state index contributed by atoms with van der Waals surface area (Å²) in [7, 11) is 0. The number of nitrogens with two attached hydrogens (primary N) is 1. The Morgan fingerprint density at radius 2 is 1.82 bits per heavy atom. The van der Waals surface area contributed by atoms with E-state index in [1.54, 1.807) is 0 Å². The minimum absolute atomic E-state index is 0.106. The standard InChI is InChI=1S/C9H21NO/c1-6-11-8(7(2)10)9(3,4)5/h7-8H,6,10H2,1-5H3/t7-,8?/m0/s1. The van der Waals surface area contributed by atoms with E-state index >= 15 is 0 Å². The van der Waals surface area contributed by atoms with Gasteiger partial charge in [-0.05, 0) is 19.3 Å². The van der Waals surface area contributed by atoms with Crippen LogP contribution in [-0.4, -0.2) is 18.8 Å². The molecule has 0 aliphatic carbocycles. The lowest BCUT2D eigenvalue weighted by atomic mass is 9.85. The molecule has 0 aromatic carbocycles. The first-order chi connectivity index (χ1) is 4.89. The number of rotatable bonds is 3. The van der Waals surface area contributed by atoms with Crippen LogP contribution in [0.1, 0.15) is 34.6 Å². The van der Waals surface area contributed by atoms with Gasteiger partial charge in [0.05, 0.1) is 6.10 Å². The van der Waals surface area contributed by atoms with Crippen LogP contribution in [0.2, 0.25) is 0 Å². The molecule has 0 rings (SSSR count). The summed E-state index contributed by atoms with van der Waals surface area (Å²) in [6.45, 7) is 11.2. The van der Waals surface area contributed by atoms with Crippen LogP contribution >= 0.6 is 0 Å². The van der Waals surface area contributed by atoms with Crippen LogP contribution in [0, 0.1) is 5.41 Å². The molecular formula is C9H21NO. The number of ether oxygens (including phenoxy) is 1. The van der Waals surface area contributed by atoms with Crippen molar-refractivity contribution < 1.29 is 4.74 Å². The normalized spacial score (nSPS) is 18.0. The van der Waals surface area contributed by atoms with E-state index in [9.17, 15) is 0 Å². The topological polar surface area (TPSA) is 35.2 Å². The van der Waals surface area contributed by atoms with Crippen molar-refractivity contribution in [1.82, 2.24) is 0 Å². The molecule has 68 valence electrons. The van der Waals surface area contributed by atoms with Gasteiger partial charge in [0.15, 0.2) is 0 Å². The molecule has 1 unspecified atom stereocenters. The molecule has 2 nitrogen and oxygen atoms in total. The minimum atomic E-state index is 0.106. The van der Waals surface area contributed by atoms with Crippen molar-refractivity contribution >= 4 is 0 Å². The fourth-order valence-corrected chi connectivity index (χ4v) is 1.37. The Balaban J connectivity index is 4.10. The summed E-state index contributed by atoms with van der Waals surface area (Å²) in [5, 5.41) is 0. The summed E-state index contributed by atoms with van der Waals surface area (Å²) in [4.78, 5) is 0. The molecule has 0 aromatic rings. The Bertz CT molecular complexity index is 105. The van der Waals surface area contributed by atoms with Crippen LogP contribution in [0.5, 0.6) is 0 Å². The van der Waals surface area contributed by atoms with E-state index in [2.05, 4.69) is 20.8 Å². The SMILES string of the molecule is CCOC([C@H](C)N)C(C)(C)C. The molecule has 0 saturated heterocycles. The molecule has 0 amide bonds. The highest BCUT2D eigenvalue weighted by atomic mass is 16.5. The van der Waals surface area contributed by atoms with Crippen molar-refractivity contribution in [2.24, 2.45) is 11.1 Å². The molecule has 0 fully saturated rings. The Morgan fingerprint density at radius 3 is 1.91 bits per heavy atom. The summed E-state index contributed by atoms with van der Waals surface area (Å²) >= 11 is 0. The van der Waals surface area contributed by atoms with Gasteiger partial charge < -0.3 is 10.5 Å². The molecule has 2 atom stereocenters. The average Bonchev–Trinajstić information content (AvgIpc) is 1.79. The maximum atomic E-state index is 5.78. The maximum absolute atomic E-state index is 5.78. The van der Waals surface area contributed by atoms with E-state index in [1.165, 1.54) is 0 Å². The first kappa shape index (κ1) is 10.9. The maximum Gasteiger partial charge on any atom is 0.0771 e. The highest BCUT2D eigenvalue weighted by molar-refractivity contribution is 4.81. The Hall–Kier alpha value is -0.0800. The summed E-state index contributed by atoms with van der Waals surface area (Å²) in [5.41, 5.74) is 5.93. The first-order valence-corrected chi connectivity index (χ1v) is 4.26. The first-order valence-electron chi connectivity index (χ1n) is 4.26. The summed E-state index contributed by atoms with van der Waals surface area (Å²) < 4.78 is 5.54. The predicted octanol–water partition coefficient (Wildman–Crippen LogP) is 1.78. The molecule has 0 bridgehead atoms. The Kier molecular flexibility index (Phi) is 4.04. The average molecular weight is 159 g/mol. The summed E-state index contributed by atoms with van der Waals surface area (Å²) in [5.74, 6) is 0. The molecular weight excluding hydrogens is 138 g/mol. The van der Waals surface area contributed by atoms with Gasteiger partial charge in [0.2, 0.25) is 0 Å². The molecule has 2 heteroatoms. The molecule has 0 spiro atoms. The quantitative estimate of drug-likeness (QED) is 0.681. The minimum Gasteiger partial charge on any atom is -0.376 e. The molecule has 0 aliphatic rings. The van der Waals surface area contributed by atoms with Gasteiger partial charge in [-0.15, -0.1) is 0 Å². The van der Waals surface area contributed by atoms with E-state index in [1.807, 2.05) is 13.8 Å². The van der Waals surface area contributed by atoms with E-state index in [0.717, 1.165) is 6.61 Å². The molecule has 0 aromatic heterocycles. The van der Waals surface area contributed by atoms with Crippen molar-refractivity contribution in [2.45, 2.75) is 46.8 Å². The van der Waals surface area contributed by atoms with Crippen molar-refractivity contribution in [3.63, 3.8) is 0 Å². The fraction of sp³-hybridized carbons (Fsp3) is 1.00. The third-order valence-corrected chi connectivity index (χ3v) is 1.68. The van der Waals surface area contributed by atoms with Crippen molar-refractivity contribution in [3.8, 4) is 0 Å². The highest BCUT2D eigenvalue weighted by Crippen LogP contribution is 2.23. The van der Waals surface area contributed by atoms with E-state index in [-0.39, 0.29) is 17.6 Å². The van der Waals surface area contributed by atoms with Gasteiger partial charge in [0, 0.05) is 12.6 Å². The monoisotopic (exact) mass is 159 g/mol. The van der Waals surface area contributed by atoms with E-state index in [0.29, 0.717) is 0 Å². The molecule has 11 heavy (non-hydrogen) atoms. The molecule has 0 saturated carbocycles. The largest absolute Gasteiger partial charge is 0.376 e. The summed E-state index contributed by atoms with van der Waals surface area (Å²) in [6, 6.07) is 0.106. The van der Waals surface area contributed by atoms with Crippen molar-refractivity contribution in [2.75, 3.05) is 6.61 Å². The van der Waals surface area contributed by atoms with Crippen LogP contribution in [0.4, 0.5) is 0 Å². The van der Waals surface area contributed by atoms with Crippen LogP contribution < -0.4 is 5.73 Å². The lowest BCUT2D eigenvalue weighted by Gasteiger charge is -2.33. The Morgan fingerprint density at radius 1 is 1.36 bits per heavy atom. The smallest absolute Gasteiger partial charge is 0.0771 e. The zero-order chi connectivity index (χ0) is 9.07. The zero-order valence-corrected chi connectivity index (χ0v) is 8.35. The molecule has 0 aliphatic heterocycles. The molecule has 0 radical (unpaired) electrons. The predicted molar refractivity (Wildman–Crippen MR) is 48.5 cm³/mol. The second-order valence-electron chi connectivity index (χ2n) is 4.10. The van der Waals surface area contributed by atoms with Gasteiger partial charge in [-0.1, -0.05) is 20.8 Å². The van der Waals surface area contributed by atoms with Gasteiger partial charge in [-0.3, -0.25) is 0 Å².